The Morgan fingerprint density at radius 2 is 2.12 bits per heavy atom. The van der Waals surface area contributed by atoms with E-state index in [4.69, 9.17) is 17.5 Å². The predicted octanol–water partition coefficient (Wildman–Crippen LogP) is 2.70. The van der Waals surface area contributed by atoms with Crippen molar-refractivity contribution < 1.29 is 9.53 Å². The Kier molecular flexibility index (Phi) is 3.69. The number of nitriles is 1. The van der Waals surface area contributed by atoms with Gasteiger partial charge in [0.1, 0.15) is 16.3 Å². The Labute approximate surface area is 105 Å². The Hall–Kier alpha value is -1.67. The summed E-state index contributed by atoms with van der Waals surface area (Å²) in [4.78, 5) is 14.6. The van der Waals surface area contributed by atoms with Crippen molar-refractivity contribution in [3.8, 4) is 6.07 Å². The average molecular weight is 250 g/mol. The zero-order chi connectivity index (χ0) is 13.2. The van der Waals surface area contributed by atoms with Gasteiger partial charge in [0.15, 0.2) is 0 Å². The van der Waals surface area contributed by atoms with Crippen LogP contribution >= 0.6 is 12.2 Å². The number of carbonyl (C=O) groups excluding carboxylic acids is 1. The highest BCUT2D eigenvalue weighted by Gasteiger charge is 2.20. The minimum atomic E-state index is -0.549. The molecule has 0 unspecified atom stereocenters. The molecule has 1 aromatic heterocycles. The maximum atomic E-state index is 11.6. The van der Waals surface area contributed by atoms with Crippen molar-refractivity contribution >= 4 is 18.2 Å². The largest absolute Gasteiger partial charge is 0.465 e. The third-order valence-corrected chi connectivity index (χ3v) is 2.66. The van der Waals surface area contributed by atoms with Gasteiger partial charge in [-0.1, -0.05) is 33.0 Å². The van der Waals surface area contributed by atoms with Crippen LogP contribution in [0.15, 0.2) is 6.07 Å². The fourth-order valence-electron chi connectivity index (χ4n) is 1.35. The number of ether oxygens (including phenoxy) is 1. The molecule has 1 rings (SSSR count). The van der Waals surface area contributed by atoms with E-state index in [1.54, 1.807) is 6.07 Å². The van der Waals surface area contributed by atoms with Crippen LogP contribution in [0.4, 0.5) is 0 Å². The number of pyridine rings is 1. The minimum absolute atomic E-state index is 0.153. The Bertz CT molecular complexity index is 547. The van der Waals surface area contributed by atoms with Crippen LogP contribution in [0.5, 0.6) is 0 Å². The second-order valence-corrected chi connectivity index (χ2v) is 5.06. The van der Waals surface area contributed by atoms with Gasteiger partial charge in [-0.15, -0.1) is 0 Å². The molecule has 0 fully saturated rings. The molecule has 0 spiro atoms. The van der Waals surface area contributed by atoms with E-state index in [1.165, 1.54) is 7.11 Å². The molecule has 0 aromatic carbocycles. The monoisotopic (exact) mass is 250 g/mol. The fraction of sp³-hybridized carbons (Fsp3) is 0.417. The zero-order valence-corrected chi connectivity index (χ0v) is 11.1. The number of esters is 1. The lowest BCUT2D eigenvalue weighted by Gasteiger charge is -2.19. The van der Waals surface area contributed by atoms with Crippen molar-refractivity contribution in [2.45, 2.75) is 26.2 Å². The van der Waals surface area contributed by atoms with E-state index in [9.17, 15) is 4.79 Å². The number of hydrogen-bond donors (Lipinski definition) is 1. The number of nitrogens with zero attached hydrogens (tertiary/aromatic N) is 1. The van der Waals surface area contributed by atoms with Gasteiger partial charge < -0.3 is 9.72 Å². The van der Waals surface area contributed by atoms with Crippen LogP contribution in [0.3, 0.4) is 0 Å². The molecule has 90 valence electrons. The molecule has 1 heterocycles. The van der Waals surface area contributed by atoms with Crippen molar-refractivity contribution in [2.75, 3.05) is 7.11 Å². The van der Waals surface area contributed by atoms with Gasteiger partial charge in [-0.3, -0.25) is 0 Å². The second-order valence-electron chi connectivity index (χ2n) is 4.65. The molecule has 1 N–H and O–H groups in total. The highest BCUT2D eigenvalue weighted by Crippen LogP contribution is 2.23. The molecule has 1 aromatic rings. The molecular formula is C12H14N2O2S. The molecule has 0 amide bonds. The molecule has 0 atom stereocenters. The summed E-state index contributed by atoms with van der Waals surface area (Å²) in [6, 6.07) is 3.55. The molecule has 0 aliphatic rings. The standard InChI is InChI=1S/C12H14N2O2S/c1-12(2,3)9-5-7(11(15)16-4)8(6-13)10(17)14-9/h5H,1-4H3,(H,14,17). The lowest BCUT2D eigenvalue weighted by atomic mass is 9.90. The highest BCUT2D eigenvalue weighted by molar-refractivity contribution is 7.71. The number of hydrogen-bond acceptors (Lipinski definition) is 4. The lowest BCUT2D eigenvalue weighted by Crippen LogP contribution is -2.16. The average Bonchev–Trinajstić information content (AvgIpc) is 2.25. The van der Waals surface area contributed by atoms with Gasteiger partial charge in [-0.05, 0) is 6.07 Å². The fourth-order valence-corrected chi connectivity index (χ4v) is 1.61. The van der Waals surface area contributed by atoms with Gasteiger partial charge in [0.25, 0.3) is 0 Å². The Balaban J connectivity index is 3.58. The quantitative estimate of drug-likeness (QED) is 0.614. The Morgan fingerprint density at radius 3 is 2.53 bits per heavy atom. The number of aromatic amines is 1. The number of methoxy groups -OCH3 is 1. The number of rotatable bonds is 1. The third-order valence-electron chi connectivity index (χ3n) is 2.36. The molecule has 0 aliphatic heterocycles. The van der Waals surface area contributed by atoms with Crippen molar-refractivity contribution in [1.82, 2.24) is 4.98 Å². The van der Waals surface area contributed by atoms with E-state index in [0.717, 1.165) is 5.69 Å². The molecular weight excluding hydrogens is 236 g/mol. The summed E-state index contributed by atoms with van der Waals surface area (Å²) in [5.74, 6) is -0.549. The van der Waals surface area contributed by atoms with Gasteiger partial charge in [-0.2, -0.15) is 5.26 Å². The number of aromatic nitrogens is 1. The molecule has 5 heteroatoms. The van der Waals surface area contributed by atoms with Crippen LogP contribution in [0.1, 0.15) is 42.4 Å². The minimum Gasteiger partial charge on any atom is -0.465 e. The predicted molar refractivity (Wildman–Crippen MR) is 66.4 cm³/mol. The lowest BCUT2D eigenvalue weighted by molar-refractivity contribution is 0.0600. The summed E-state index contributed by atoms with van der Waals surface area (Å²) in [6.07, 6.45) is 0. The van der Waals surface area contributed by atoms with E-state index < -0.39 is 5.97 Å². The van der Waals surface area contributed by atoms with Gasteiger partial charge >= 0.3 is 5.97 Å². The third kappa shape index (κ3) is 2.71. The van der Waals surface area contributed by atoms with E-state index in [-0.39, 0.29) is 21.2 Å². The van der Waals surface area contributed by atoms with Gasteiger partial charge in [-0.25, -0.2) is 4.79 Å². The molecule has 4 nitrogen and oxygen atoms in total. The van der Waals surface area contributed by atoms with E-state index in [2.05, 4.69) is 9.72 Å². The SMILES string of the molecule is COC(=O)c1cc(C(C)(C)C)[nH]c(=S)c1C#N. The summed E-state index contributed by atoms with van der Waals surface area (Å²) in [6.45, 7) is 5.96. The first-order chi connectivity index (χ1) is 7.81. The zero-order valence-electron chi connectivity index (χ0n) is 10.2. The normalized spacial score (nSPS) is 10.8. The molecule has 0 radical (unpaired) electrons. The van der Waals surface area contributed by atoms with Crippen molar-refractivity contribution in [1.29, 1.82) is 5.26 Å². The maximum Gasteiger partial charge on any atom is 0.339 e. The first kappa shape index (κ1) is 13.4. The van der Waals surface area contributed by atoms with E-state index in [0.29, 0.717) is 0 Å². The molecule has 0 aliphatic carbocycles. The molecule has 0 bridgehead atoms. The molecule has 17 heavy (non-hydrogen) atoms. The first-order valence-electron chi connectivity index (χ1n) is 5.07. The Morgan fingerprint density at radius 1 is 1.53 bits per heavy atom. The summed E-state index contributed by atoms with van der Waals surface area (Å²) in [5, 5.41) is 8.99. The van der Waals surface area contributed by atoms with Crippen LogP contribution in [0.25, 0.3) is 0 Å². The van der Waals surface area contributed by atoms with Crippen LogP contribution in [0, 0.1) is 16.0 Å². The second kappa shape index (κ2) is 4.68. The topological polar surface area (TPSA) is 65.9 Å². The smallest absolute Gasteiger partial charge is 0.339 e. The van der Waals surface area contributed by atoms with Gasteiger partial charge in [0.2, 0.25) is 0 Å². The summed E-state index contributed by atoms with van der Waals surface area (Å²) in [7, 11) is 1.28. The van der Waals surface area contributed by atoms with Crippen molar-refractivity contribution in [3.05, 3.63) is 27.5 Å². The van der Waals surface area contributed by atoms with Crippen molar-refractivity contribution in [3.63, 3.8) is 0 Å². The maximum absolute atomic E-state index is 11.6. The summed E-state index contributed by atoms with van der Waals surface area (Å²) >= 11 is 5.08. The number of carbonyl (C=O) groups is 1. The van der Waals surface area contributed by atoms with Gasteiger partial charge in [0.05, 0.1) is 12.7 Å². The van der Waals surface area contributed by atoms with E-state index in [1.807, 2.05) is 26.8 Å². The number of nitrogens with one attached hydrogen (secondary N) is 1. The van der Waals surface area contributed by atoms with E-state index >= 15 is 0 Å². The number of H-pyrrole nitrogens is 1. The summed E-state index contributed by atoms with van der Waals surface area (Å²) in [5.41, 5.74) is 0.968. The van der Waals surface area contributed by atoms with Crippen LogP contribution in [-0.2, 0) is 10.2 Å². The first-order valence-corrected chi connectivity index (χ1v) is 5.48. The highest BCUT2D eigenvalue weighted by atomic mass is 32.1. The molecule has 0 saturated heterocycles. The van der Waals surface area contributed by atoms with Crippen LogP contribution in [0.2, 0.25) is 0 Å². The van der Waals surface area contributed by atoms with Gasteiger partial charge in [0, 0.05) is 11.1 Å². The summed E-state index contributed by atoms with van der Waals surface area (Å²) < 4.78 is 4.92. The molecule has 0 saturated carbocycles. The van der Waals surface area contributed by atoms with Crippen molar-refractivity contribution in [2.24, 2.45) is 0 Å². The van der Waals surface area contributed by atoms with Crippen LogP contribution in [-0.4, -0.2) is 18.1 Å². The van der Waals surface area contributed by atoms with Crippen LogP contribution < -0.4 is 0 Å².